The van der Waals surface area contributed by atoms with E-state index in [0.717, 1.165) is 12.3 Å². The topological polar surface area (TPSA) is 21.3 Å². The lowest BCUT2D eigenvalue weighted by molar-refractivity contribution is 0.175. The molecule has 1 fully saturated rings. The predicted molar refractivity (Wildman–Crippen MR) is 75.8 cm³/mol. The summed E-state index contributed by atoms with van der Waals surface area (Å²) in [6, 6.07) is 8.32. The number of nitrogens with one attached hydrogen (secondary N) is 1. The zero-order valence-corrected chi connectivity index (χ0v) is 11.2. The fourth-order valence-electron chi connectivity index (χ4n) is 2.41. The van der Waals surface area contributed by atoms with E-state index in [1.165, 1.54) is 31.2 Å². The van der Waals surface area contributed by atoms with Crippen molar-refractivity contribution >= 4 is 0 Å². The molecule has 0 radical (unpaired) electrons. The van der Waals surface area contributed by atoms with E-state index in [4.69, 9.17) is 4.74 Å². The SMILES string of the molecule is C=CCOc1ccc(CNC2(CC)CCC2)cc1. The minimum Gasteiger partial charge on any atom is -0.490 e. The van der Waals surface area contributed by atoms with Gasteiger partial charge >= 0.3 is 0 Å². The van der Waals surface area contributed by atoms with Crippen molar-refractivity contribution in [3.05, 3.63) is 42.5 Å². The van der Waals surface area contributed by atoms with Crippen LogP contribution in [0.4, 0.5) is 0 Å². The molecule has 0 bridgehead atoms. The average molecular weight is 245 g/mol. The van der Waals surface area contributed by atoms with Gasteiger partial charge in [0.1, 0.15) is 12.4 Å². The first-order chi connectivity index (χ1) is 8.78. The van der Waals surface area contributed by atoms with Crippen LogP contribution in [0.2, 0.25) is 0 Å². The molecule has 2 nitrogen and oxygen atoms in total. The normalized spacial score (nSPS) is 16.9. The summed E-state index contributed by atoms with van der Waals surface area (Å²) in [5, 5.41) is 3.70. The van der Waals surface area contributed by atoms with Gasteiger partial charge in [-0.2, -0.15) is 0 Å². The second-order valence-corrected chi connectivity index (χ2v) is 5.08. The van der Waals surface area contributed by atoms with E-state index in [2.05, 4.69) is 31.0 Å². The van der Waals surface area contributed by atoms with Crippen LogP contribution in [0.3, 0.4) is 0 Å². The Bertz CT molecular complexity index is 373. The van der Waals surface area contributed by atoms with Crippen molar-refractivity contribution in [2.75, 3.05) is 6.61 Å². The number of rotatable bonds is 7. The summed E-state index contributed by atoms with van der Waals surface area (Å²) >= 11 is 0. The molecule has 2 heteroatoms. The zero-order valence-electron chi connectivity index (χ0n) is 11.2. The highest BCUT2D eigenvalue weighted by molar-refractivity contribution is 5.27. The third kappa shape index (κ3) is 3.14. The molecule has 98 valence electrons. The lowest BCUT2D eigenvalue weighted by atomic mass is 9.75. The van der Waals surface area contributed by atoms with Crippen LogP contribution in [0, 0.1) is 0 Å². The summed E-state index contributed by atoms with van der Waals surface area (Å²) in [7, 11) is 0. The maximum atomic E-state index is 5.47. The molecule has 0 unspecified atom stereocenters. The molecule has 1 N–H and O–H groups in total. The summed E-state index contributed by atoms with van der Waals surface area (Å²) in [6.07, 6.45) is 7.01. The number of hydrogen-bond acceptors (Lipinski definition) is 2. The Labute approximate surface area is 110 Å². The van der Waals surface area contributed by atoms with Gasteiger partial charge in [-0.15, -0.1) is 0 Å². The van der Waals surface area contributed by atoms with Crippen molar-refractivity contribution in [1.82, 2.24) is 5.32 Å². The van der Waals surface area contributed by atoms with Crippen molar-refractivity contribution < 1.29 is 4.74 Å². The summed E-state index contributed by atoms with van der Waals surface area (Å²) in [5.41, 5.74) is 1.73. The summed E-state index contributed by atoms with van der Waals surface area (Å²) < 4.78 is 5.47. The maximum absolute atomic E-state index is 5.47. The molecule has 0 amide bonds. The lowest BCUT2D eigenvalue weighted by Crippen LogP contribution is -2.49. The Kier molecular flexibility index (Phi) is 4.43. The lowest BCUT2D eigenvalue weighted by Gasteiger charge is -2.42. The van der Waals surface area contributed by atoms with Gasteiger partial charge in [0.05, 0.1) is 0 Å². The molecule has 1 aromatic carbocycles. The fraction of sp³-hybridized carbons (Fsp3) is 0.500. The third-order valence-corrected chi connectivity index (χ3v) is 3.95. The molecule has 0 aliphatic heterocycles. The standard InChI is InChI=1S/C16H23NO/c1-3-12-18-15-8-6-14(7-9-15)13-17-16(4-2)10-5-11-16/h3,6-9,17H,1,4-5,10-13H2,2H3. The molecule has 0 heterocycles. The first-order valence-corrected chi connectivity index (χ1v) is 6.86. The van der Waals surface area contributed by atoms with E-state index in [1.807, 2.05) is 12.1 Å². The van der Waals surface area contributed by atoms with Crippen LogP contribution >= 0.6 is 0 Å². The smallest absolute Gasteiger partial charge is 0.119 e. The van der Waals surface area contributed by atoms with Crippen LogP contribution in [0.5, 0.6) is 5.75 Å². The number of ether oxygens (including phenoxy) is 1. The van der Waals surface area contributed by atoms with Crippen LogP contribution in [0.25, 0.3) is 0 Å². The molecule has 1 aliphatic carbocycles. The first kappa shape index (κ1) is 13.2. The van der Waals surface area contributed by atoms with E-state index in [-0.39, 0.29) is 0 Å². The summed E-state index contributed by atoms with van der Waals surface area (Å²) in [6.45, 7) is 7.44. The van der Waals surface area contributed by atoms with E-state index >= 15 is 0 Å². The van der Waals surface area contributed by atoms with Gasteiger partial charge in [0, 0.05) is 12.1 Å². The van der Waals surface area contributed by atoms with Crippen LogP contribution < -0.4 is 10.1 Å². The molecule has 1 aliphatic rings. The van der Waals surface area contributed by atoms with Crippen molar-refractivity contribution in [2.45, 2.75) is 44.7 Å². The Morgan fingerprint density at radius 1 is 1.33 bits per heavy atom. The maximum Gasteiger partial charge on any atom is 0.119 e. The first-order valence-electron chi connectivity index (χ1n) is 6.86. The molecule has 0 spiro atoms. The number of hydrogen-bond donors (Lipinski definition) is 1. The largest absolute Gasteiger partial charge is 0.490 e. The van der Waals surface area contributed by atoms with E-state index in [1.54, 1.807) is 6.08 Å². The molecule has 1 aromatic rings. The Hall–Kier alpha value is -1.28. The highest BCUT2D eigenvalue weighted by Gasteiger charge is 2.33. The molecular formula is C16H23NO. The second-order valence-electron chi connectivity index (χ2n) is 5.08. The van der Waals surface area contributed by atoms with Crippen LogP contribution in [0.15, 0.2) is 36.9 Å². The summed E-state index contributed by atoms with van der Waals surface area (Å²) in [5.74, 6) is 0.910. The summed E-state index contributed by atoms with van der Waals surface area (Å²) in [4.78, 5) is 0. The highest BCUT2D eigenvalue weighted by Crippen LogP contribution is 2.34. The fourth-order valence-corrected chi connectivity index (χ4v) is 2.41. The van der Waals surface area contributed by atoms with E-state index < -0.39 is 0 Å². The van der Waals surface area contributed by atoms with Gasteiger partial charge in [-0.05, 0) is 43.4 Å². The van der Waals surface area contributed by atoms with Gasteiger partial charge in [-0.25, -0.2) is 0 Å². The molecule has 1 saturated carbocycles. The quantitative estimate of drug-likeness (QED) is 0.740. The minimum absolute atomic E-state index is 0.415. The van der Waals surface area contributed by atoms with Crippen molar-refractivity contribution in [2.24, 2.45) is 0 Å². The molecule has 2 rings (SSSR count). The Morgan fingerprint density at radius 3 is 2.56 bits per heavy atom. The minimum atomic E-state index is 0.415. The van der Waals surface area contributed by atoms with Crippen LogP contribution in [-0.4, -0.2) is 12.1 Å². The van der Waals surface area contributed by atoms with Gasteiger partial charge in [-0.1, -0.05) is 31.7 Å². The zero-order chi connectivity index (χ0) is 12.8. The predicted octanol–water partition coefficient (Wildman–Crippen LogP) is 3.67. The molecular weight excluding hydrogens is 222 g/mol. The third-order valence-electron chi connectivity index (χ3n) is 3.95. The monoisotopic (exact) mass is 245 g/mol. The molecule has 0 aromatic heterocycles. The van der Waals surface area contributed by atoms with Gasteiger partial charge < -0.3 is 10.1 Å². The van der Waals surface area contributed by atoms with Gasteiger partial charge in [0.25, 0.3) is 0 Å². The second kappa shape index (κ2) is 6.05. The van der Waals surface area contributed by atoms with E-state index in [9.17, 15) is 0 Å². The van der Waals surface area contributed by atoms with Gasteiger partial charge in [-0.3, -0.25) is 0 Å². The van der Waals surface area contributed by atoms with Crippen molar-refractivity contribution in [3.63, 3.8) is 0 Å². The Balaban J connectivity index is 1.84. The molecule has 18 heavy (non-hydrogen) atoms. The number of benzene rings is 1. The van der Waals surface area contributed by atoms with Crippen molar-refractivity contribution in [1.29, 1.82) is 0 Å². The van der Waals surface area contributed by atoms with E-state index in [0.29, 0.717) is 12.1 Å². The Morgan fingerprint density at radius 2 is 2.06 bits per heavy atom. The highest BCUT2D eigenvalue weighted by atomic mass is 16.5. The van der Waals surface area contributed by atoms with Crippen LogP contribution in [-0.2, 0) is 6.54 Å². The van der Waals surface area contributed by atoms with Gasteiger partial charge in [0.2, 0.25) is 0 Å². The van der Waals surface area contributed by atoms with Crippen LogP contribution in [0.1, 0.15) is 38.2 Å². The molecule has 0 atom stereocenters. The average Bonchev–Trinajstić information content (AvgIpc) is 2.37. The van der Waals surface area contributed by atoms with Crippen molar-refractivity contribution in [3.8, 4) is 5.75 Å². The molecule has 0 saturated heterocycles. The van der Waals surface area contributed by atoms with Gasteiger partial charge in [0.15, 0.2) is 0 Å².